The van der Waals surface area contributed by atoms with Crippen LogP contribution in [0.2, 0.25) is 10.0 Å². The lowest BCUT2D eigenvalue weighted by Gasteiger charge is -2.23. The first-order valence-electron chi connectivity index (χ1n) is 19.5. The van der Waals surface area contributed by atoms with Gasteiger partial charge in [-0.3, -0.25) is 14.4 Å². The number of methoxy groups -OCH3 is 2. The summed E-state index contributed by atoms with van der Waals surface area (Å²) in [4.78, 5) is 37.0. The van der Waals surface area contributed by atoms with Gasteiger partial charge in [0.15, 0.2) is 5.69 Å². The van der Waals surface area contributed by atoms with Crippen LogP contribution in [0, 0.1) is 11.8 Å². The maximum Gasteiger partial charge on any atom is 0.311 e. The number of nitrogens with one attached hydrogen (secondary N) is 2. The van der Waals surface area contributed by atoms with E-state index in [4.69, 9.17) is 47.9 Å². The van der Waals surface area contributed by atoms with Gasteiger partial charge in [0.25, 0.3) is 5.91 Å². The summed E-state index contributed by atoms with van der Waals surface area (Å²) in [5, 5.41) is 14.3. The van der Waals surface area contributed by atoms with Crippen molar-refractivity contribution in [3.63, 3.8) is 0 Å². The molecule has 59 heavy (non-hydrogen) atoms. The van der Waals surface area contributed by atoms with E-state index in [1.54, 1.807) is 21.0 Å². The molecule has 0 aliphatic heterocycles. The van der Waals surface area contributed by atoms with Crippen molar-refractivity contribution in [2.24, 2.45) is 17.6 Å². The van der Waals surface area contributed by atoms with Gasteiger partial charge in [0.1, 0.15) is 0 Å². The Hall–Kier alpha value is -5.11. The molecule has 1 aromatic heterocycles. The average molecular weight is 847 g/mol. The molecule has 1 amide bonds. The van der Waals surface area contributed by atoms with Crippen LogP contribution < -0.4 is 11.1 Å². The van der Waals surface area contributed by atoms with Gasteiger partial charge in [-0.25, -0.2) is 0 Å². The fourth-order valence-electron chi connectivity index (χ4n) is 6.53. The average Bonchev–Trinajstić information content (AvgIpc) is 3.77. The lowest BCUT2D eigenvalue weighted by atomic mass is 9.94. The van der Waals surface area contributed by atoms with Crippen molar-refractivity contribution in [2.45, 2.75) is 51.6 Å². The van der Waals surface area contributed by atoms with E-state index in [-0.39, 0.29) is 54.8 Å². The van der Waals surface area contributed by atoms with E-state index < -0.39 is 5.92 Å². The number of hydrogen-bond acceptors (Lipinski definition) is 10. The minimum Gasteiger partial charge on any atom is -0.466 e. The molecule has 5 rings (SSSR count). The zero-order chi connectivity index (χ0) is 42.6. The van der Waals surface area contributed by atoms with Crippen LogP contribution >= 0.6 is 23.2 Å². The highest BCUT2D eigenvalue weighted by atomic mass is 35.5. The van der Waals surface area contributed by atoms with Crippen molar-refractivity contribution in [1.29, 1.82) is 0 Å². The van der Waals surface area contributed by atoms with Crippen molar-refractivity contribution in [2.75, 3.05) is 40.6 Å². The fraction of sp³-hybridized carbons (Fsp3) is 0.356. The Morgan fingerprint density at radius 3 is 1.63 bits per heavy atom. The number of halogens is 2. The molecule has 14 heteroatoms. The SMILES string of the molecule is CCOC(=O)[C@H](COC)C[C@@H](Cc1ccc(-c2cccc(Cl)c2)cc1)NC(=O)c1cn[nH]n1.CCOC(=O)[C@H](COC)C[C@H](N)Cc1ccc(-c2cccc(Cl)c2)cc1. The van der Waals surface area contributed by atoms with E-state index in [1.807, 2.05) is 72.8 Å². The molecule has 1 heterocycles. The third-order valence-corrected chi connectivity index (χ3v) is 9.79. The topological polar surface area (TPSA) is 168 Å². The molecule has 0 aliphatic carbocycles. The van der Waals surface area contributed by atoms with Gasteiger partial charge >= 0.3 is 11.9 Å². The first-order chi connectivity index (χ1) is 28.5. The number of hydrogen-bond donors (Lipinski definition) is 3. The van der Waals surface area contributed by atoms with E-state index in [0.29, 0.717) is 43.9 Å². The number of aromatic amines is 1. The van der Waals surface area contributed by atoms with Crippen molar-refractivity contribution in [3.8, 4) is 22.3 Å². The zero-order valence-corrected chi connectivity index (χ0v) is 35.4. The highest BCUT2D eigenvalue weighted by Gasteiger charge is 2.27. The van der Waals surface area contributed by atoms with Crippen LogP contribution in [0.4, 0.5) is 0 Å². The minimum absolute atomic E-state index is 0.142. The van der Waals surface area contributed by atoms with Crippen LogP contribution in [0.3, 0.4) is 0 Å². The zero-order valence-electron chi connectivity index (χ0n) is 33.9. The summed E-state index contributed by atoms with van der Waals surface area (Å²) in [5.41, 5.74) is 12.8. The van der Waals surface area contributed by atoms with Crippen molar-refractivity contribution >= 4 is 41.0 Å². The Morgan fingerprint density at radius 1 is 0.695 bits per heavy atom. The van der Waals surface area contributed by atoms with E-state index in [9.17, 15) is 14.4 Å². The fourth-order valence-corrected chi connectivity index (χ4v) is 6.91. The predicted octanol–water partition coefficient (Wildman–Crippen LogP) is 7.77. The Labute approximate surface area is 356 Å². The van der Waals surface area contributed by atoms with Crippen LogP contribution in [-0.4, -0.2) is 86.0 Å². The summed E-state index contributed by atoms with van der Waals surface area (Å²) in [6, 6.07) is 31.2. The van der Waals surface area contributed by atoms with Gasteiger partial charge < -0.3 is 30.0 Å². The maximum atomic E-state index is 12.6. The second-order valence-corrected chi connectivity index (χ2v) is 14.8. The molecule has 0 radical (unpaired) electrons. The molecule has 4 atom stereocenters. The molecule has 0 aliphatic rings. The van der Waals surface area contributed by atoms with Crippen LogP contribution in [0.15, 0.2) is 103 Å². The number of nitrogens with zero attached hydrogens (tertiary/aromatic N) is 2. The van der Waals surface area contributed by atoms with Gasteiger partial charge in [-0.15, -0.1) is 0 Å². The third kappa shape index (κ3) is 15.5. The summed E-state index contributed by atoms with van der Waals surface area (Å²) < 4.78 is 20.6. The largest absolute Gasteiger partial charge is 0.466 e. The number of ether oxygens (including phenoxy) is 4. The number of nitrogens with two attached hydrogens (primary N) is 1. The van der Waals surface area contributed by atoms with Crippen molar-refractivity contribution in [3.05, 3.63) is 130 Å². The normalized spacial score (nSPS) is 12.9. The van der Waals surface area contributed by atoms with Crippen LogP contribution in [0.5, 0.6) is 0 Å². The molecular formula is C45H53Cl2N5O7. The first kappa shape index (κ1) is 46.6. The first-order valence-corrected chi connectivity index (χ1v) is 20.2. The smallest absolute Gasteiger partial charge is 0.311 e. The van der Waals surface area contributed by atoms with Gasteiger partial charge in [-0.05, 0) is 97.2 Å². The Bertz CT molecular complexity index is 2030. The van der Waals surface area contributed by atoms with E-state index in [1.165, 1.54) is 13.3 Å². The number of amides is 1. The summed E-state index contributed by atoms with van der Waals surface area (Å²) in [6.45, 7) is 4.71. The maximum absolute atomic E-state index is 12.6. The molecule has 0 saturated heterocycles. The number of aromatic nitrogens is 3. The van der Waals surface area contributed by atoms with E-state index in [0.717, 1.165) is 38.4 Å². The quantitative estimate of drug-likeness (QED) is 0.0659. The molecule has 4 aromatic carbocycles. The Balaban J connectivity index is 0.000000268. The molecule has 0 unspecified atom stereocenters. The number of rotatable bonds is 20. The second kappa shape index (κ2) is 24.7. The second-order valence-electron chi connectivity index (χ2n) is 13.9. The molecule has 4 N–H and O–H groups in total. The van der Waals surface area contributed by atoms with E-state index >= 15 is 0 Å². The number of carbonyl (C=O) groups excluding carboxylic acids is 3. The number of carbonyl (C=O) groups is 3. The van der Waals surface area contributed by atoms with Gasteiger partial charge in [-0.2, -0.15) is 15.4 Å². The molecule has 0 bridgehead atoms. The molecule has 5 aromatic rings. The predicted molar refractivity (Wildman–Crippen MR) is 230 cm³/mol. The van der Waals surface area contributed by atoms with Gasteiger partial charge in [0.05, 0.1) is 44.5 Å². The van der Waals surface area contributed by atoms with Crippen molar-refractivity contribution in [1.82, 2.24) is 20.7 Å². The van der Waals surface area contributed by atoms with Gasteiger partial charge in [0, 0.05) is 36.3 Å². The Morgan fingerprint density at radius 2 is 1.19 bits per heavy atom. The molecular weight excluding hydrogens is 793 g/mol. The van der Waals surface area contributed by atoms with Crippen LogP contribution in [0.25, 0.3) is 22.3 Å². The van der Waals surface area contributed by atoms with Gasteiger partial charge in [0.2, 0.25) is 0 Å². The van der Waals surface area contributed by atoms with Crippen LogP contribution in [0.1, 0.15) is 48.3 Å². The highest BCUT2D eigenvalue weighted by Crippen LogP contribution is 2.25. The van der Waals surface area contributed by atoms with Gasteiger partial charge in [-0.1, -0.05) is 96.0 Å². The summed E-state index contributed by atoms with van der Waals surface area (Å²) in [7, 11) is 3.11. The third-order valence-electron chi connectivity index (χ3n) is 9.32. The number of H-pyrrole nitrogens is 1. The monoisotopic (exact) mass is 845 g/mol. The summed E-state index contributed by atoms with van der Waals surface area (Å²) in [6.07, 6.45) is 3.44. The highest BCUT2D eigenvalue weighted by molar-refractivity contribution is 6.31. The minimum atomic E-state index is -0.511. The summed E-state index contributed by atoms with van der Waals surface area (Å²) in [5.74, 6) is -1.81. The molecule has 0 spiro atoms. The molecule has 0 saturated carbocycles. The number of esters is 2. The Kier molecular flexibility index (Phi) is 19.5. The standard InChI is InChI=1S/C24H27ClN4O4.C21H26ClNO3/c1-3-33-24(31)19(15-32-2)13-21(27-23(30)22-14-26-29-28-22)11-16-7-9-17(10-8-16)18-5-4-6-20(25)12-18;1-3-26-21(24)18(14-25-2)13-20(23)11-15-7-9-16(10-8-15)17-5-4-6-19(22)12-17/h4-10,12,14,19,21H,3,11,13,15H2,1-2H3,(H,27,30)(H,26,28,29);4-10,12,18,20H,3,11,13-14,23H2,1-2H3/t19-,21+;18-,20+/m00/s1. The molecule has 12 nitrogen and oxygen atoms in total. The molecule has 314 valence electrons. The van der Waals surface area contributed by atoms with Crippen LogP contribution in [-0.2, 0) is 41.4 Å². The van der Waals surface area contributed by atoms with E-state index in [2.05, 4.69) is 45.0 Å². The van der Waals surface area contributed by atoms with Crippen molar-refractivity contribution < 1.29 is 33.3 Å². The molecule has 0 fully saturated rings. The number of benzene rings is 4. The lowest BCUT2D eigenvalue weighted by molar-refractivity contribution is -0.151. The summed E-state index contributed by atoms with van der Waals surface area (Å²) >= 11 is 12.2. The lowest BCUT2D eigenvalue weighted by Crippen LogP contribution is -2.40.